The van der Waals surface area contributed by atoms with Crippen molar-refractivity contribution in [2.75, 3.05) is 6.54 Å². The van der Waals surface area contributed by atoms with Gasteiger partial charge >= 0.3 is 0 Å². The molecule has 1 aromatic rings. The van der Waals surface area contributed by atoms with Crippen molar-refractivity contribution in [3.05, 3.63) is 29.3 Å². The summed E-state index contributed by atoms with van der Waals surface area (Å²) in [7, 11) is 1.52. The molecule has 0 saturated heterocycles. The van der Waals surface area contributed by atoms with Gasteiger partial charge in [0, 0.05) is 22.8 Å². The molecule has 1 aliphatic rings. The largest absolute Gasteiger partial charge is 0.352 e. The van der Waals surface area contributed by atoms with Crippen LogP contribution in [0.5, 0.6) is 0 Å². The summed E-state index contributed by atoms with van der Waals surface area (Å²) < 4.78 is 22.8. The van der Waals surface area contributed by atoms with Crippen molar-refractivity contribution in [1.82, 2.24) is 5.32 Å². The van der Waals surface area contributed by atoms with Gasteiger partial charge in [-0.15, -0.1) is 0 Å². The van der Waals surface area contributed by atoms with Crippen molar-refractivity contribution in [2.24, 2.45) is 5.92 Å². The highest BCUT2D eigenvalue weighted by Gasteiger charge is 2.20. The van der Waals surface area contributed by atoms with Crippen molar-refractivity contribution < 1.29 is 13.2 Å². The molecule has 0 unspecified atom stereocenters. The van der Waals surface area contributed by atoms with Crippen LogP contribution in [-0.2, 0) is 9.05 Å². The van der Waals surface area contributed by atoms with Crippen LogP contribution in [0.1, 0.15) is 35.2 Å². The third-order valence-electron chi connectivity index (χ3n) is 3.49. The van der Waals surface area contributed by atoms with E-state index >= 15 is 0 Å². The molecule has 0 aromatic heterocycles. The van der Waals surface area contributed by atoms with E-state index in [9.17, 15) is 13.2 Å². The third-order valence-corrected chi connectivity index (χ3v) is 4.95. The Morgan fingerprint density at radius 2 is 2.11 bits per heavy atom. The summed E-state index contributed by atoms with van der Waals surface area (Å²) in [6.45, 7) is 2.29. The van der Waals surface area contributed by atoms with E-state index in [-0.39, 0.29) is 10.8 Å². The van der Waals surface area contributed by atoms with E-state index in [2.05, 4.69) is 5.32 Å². The zero-order chi connectivity index (χ0) is 14.0. The van der Waals surface area contributed by atoms with Gasteiger partial charge in [0.15, 0.2) is 0 Å². The van der Waals surface area contributed by atoms with E-state index in [4.69, 9.17) is 10.7 Å². The molecular formula is C13H16ClNO3S. The van der Waals surface area contributed by atoms with Crippen LogP contribution in [0.25, 0.3) is 0 Å². The topological polar surface area (TPSA) is 63.2 Å². The summed E-state index contributed by atoms with van der Waals surface area (Å²) >= 11 is 0. The predicted molar refractivity (Wildman–Crippen MR) is 73.9 cm³/mol. The van der Waals surface area contributed by atoms with Gasteiger partial charge in [-0.3, -0.25) is 4.79 Å². The molecule has 1 amide bonds. The Balaban J connectivity index is 2.13. The maximum Gasteiger partial charge on any atom is 0.261 e. The monoisotopic (exact) mass is 301 g/mol. The van der Waals surface area contributed by atoms with Crippen LogP contribution in [0.4, 0.5) is 0 Å². The number of hydrogen-bond acceptors (Lipinski definition) is 3. The Morgan fingerprint density at radius 3 is 2.63 bits per heavy atom. The standard InChI is InChI=1S/C13H16ClNO3S/c1-9-5-6-11(7-12(9)19(14,17)18)13(16)15-8-10-3-2-4-10/h5-7,10H,2-4,8H2,1H3,(H,15,16). The summed E-state index contributed by atoms with van der Waals surface area (Å²) in [5.41, 5.74) is 0.856. The lowest BCUT2D eigenvalue weighted by Crippen LogP contribution is -2.32. The lowest BCUT2D eigenvalue weighted by molar-refractivity contribution is 0.0939. The van der Waals surface area contributed by atoms with Gasteiger partial charge in [-0.2, -0.15) is 0 Å². The molecule has 1 N–H and O–H groups in total. The predicted octanol–water partition coefficient (Wildman–Crippen LogP) is 2.45. The van der Waals surface area contributed by atoms with Gasteiger partial charge in [0.25, 0.3) is 15.0 Å². The van der Waals surface area contributed by atoms with Crippen molar-refractivity contribution in [3.63, 3.8) is 0 Å². The first kappa shape index (κ1) is 14.3. The molecule has 0 bridgehead atoms. The van der Waals surface area contributed by atoms with Crippen molar-refractivity contribution in [1.29, 1.82) is 0 Å². The van der Waals surface area contributed by atoms with Gasteiger partial charge in [0.2, 0.25) is 0 Å². The van der Waals surface area contributed by atoms with Crippen LogP contribution in [0.2, 0.25) is 0 Å². The number of carbonyl (C=O) groups excluding carboxylic acids is 1. The smallest absolute Gasteiger partial charge is 0.261 e. The molecule has 1 aromatic carbocycles. The van der Waals surface area contributed by atoms with E-state index in [0.29, 0.717) is 23.6 Å². The maximum absolute atomic E-state index is 11.9. The number of nitrogens with one attached hydrogen (secondary N) is 1. The lowest BCUT2D eigenvalue weighted by atomic mass is 9.85. The molecule has 4 nitrogen and oxygen atoms in total. The first-order valence-corrected chi connectivity index (χ1v) is 8.52. The average Bonchev–Trinajstić information content (AvgIpc) is 2.25. The normalized spacial score (nSPS) is 15.9. The van der Waals surface area contributed by atoms with Gasteiger partial charge in [-0.1, -0.05) is 12.5 Å². The second kappa shape index (κ2) is 5.51. The van der Waals surface area contributed by atoms with E-state index < -0.39 is 9.05 Å². The first-order valence-electron chi connectivity index (χ1n) is 6.21. The molecule has 19 heavy (non-hydrogen) atoms. The highest BCUT2D eigenvalue weighted by molar-refractivity contribution is 8.13. The Kier molecular flexibility index (Phi) is 4.16. The number of halogens is 1. The summed E-state index contributed by atoms with van der Waals surface area (Å²) in [6, 6.07) is 4.53. The molecule has 1 fully saturated rings. The summed E-state index contributed by atoms with van der Waals surface area (Å²) in [5, 5.41) is 2.82. The Labute approximate surface area is 117 Å². The number of carbonyl (C=O) groups is 1. The quantitative estimate of drug-likeness (QED) is 0.869. The molecule has 0 spiro atoms. The molecule has 6 heteroatoms. The highest BCUT2D eigenvalue weighted by atomic mass is 35.7. The minimum Gasteiger partial charge on any atom is -0.352 e. The number of benzene rings is 1. The maximum atomic E-state index is 11.9. The molecule has 0 atom stereocenters. The second-order valence-electron chi connectivity index (χ2n) is 4.93. The van der Waals surface area contributed by atoms with Crippen LogP contribution in [0.15, 0.2) is 23.1 Å². The zero-order valence-electron chi connectivity index (χ0n) is 10.6. The van der Waals surface area contributed by atoms with Gasteiger partial charge < -0.3 is 5.32 Å². The number of hydrogen-bond donors (Lipinski definition) is 1. The Hall–Kier alpha value is -1.07. The van der Waals surface area contributed by atoms with Crippen LogP contribution in [-0.4, -0.2) is 20.9 Å². The van der Waals surface area contributed by atoms with Gasteiger partial charge in [0.05, 0.1) is 4.90 Å². The molecule has 1 aliphatic carbocycles. The van der Waals surface area contributed by atoms with Gasteiger partial charge in [-0.05, 0) is 43.4 Å². The first-order chi connectivity index (χ1) is 8.88. The van der Waals surface area contributed by atoms with Gasteiger partial charge in [-0.25, -0.2) is 8.42 Å². The molecule has 104 valence electrons. The molecular weight excluding hydrogens is 286 g/mol. The average molecular weight is 302 g/mol. The molecule has 0 radical (unpaired) electrons. The van der Waals surface area contributed by atoms with E-state index in [1.54, 1.807) is 19.1 Å². The number of aryl methyl sites for hydroxylation is 1. The fraction of sp³-hybridized carbons (Fsp3) is 0.462. The Morgan fingerprint density at radius 1 is 1.42 bits per heavy atom. The second-order valence-corrected chi connectivity index (χ2v) is 7.46. The Bertz CT molecular complexity index is 594. The van der Waals surface area contributed by atoms with Crippen molar-refractivity contribution in [2.45, 2.75) is 31.1 Å². The fourth-order valence-electron chi connectivity index (χ4n) is 2.04. The van der Waals surface area contributed by atoms with Crippen LogP contribution < -0.4 is 5.32 Å². The van der Waals surface area contributed by atoms with E-state index in [1.165, 1.54) is 12.5 Å². The molecule has 0 heterocycles. The fourth-order valence-corrected chi connectivity index (χ4v) is 3.26. The summed E-state index contributed by atoms with van der Waals surface area (Å²) in [4.78, 5) is 11.9. The zero-order valence-corrected chi connectivity index (χ0v) is 12.2. The van der Waals surface area contributed by atoms with Gasteiger partial charge in [0.1, 0.15) is 0 Å². The molecule has 2 rings (SSSR count). The van der Waals surface area contributed by atoms with Crippen LogP contribution in [0.3, 0.4) is 0 Å². The highest BCUT2D eigenvalue weighted by Crippen LogP contribution is 2.25. The summed E-state index contributed by atoms with van der Waals surface area (Å²) in [6.07, 6.45) is 3.52. The van der Waals surface area contributed by atoms with Crippen molar-refractivity contribution >= 4 is 25.6 Å². The van der Waals surface area contributed by atoms with Crippen LogP contribution >= 0.6 is 10.7 Å². The minimum atomic E-state index is -3.82. The number of amides is 1. The van der Waals surface area contributed by atoms with Crippen molar-refractivity contribution in [3.8, 4) is 0 Å². The van der Waals surface area contributed by atoms with E-state index in [1.807, 2.05) is 0 Å². The number of rotatable bonds is 4. The minimum absolute atomic E-state index is 0.00883. The third kappa shape index (κ3) is 3.48. The SMILES string of the molecule is Cc1ccc(C(=O)NCC2CCC2)cc1S(=O)(=O)Cl. The van der Waals surface area contributed by atoms with Crippen LogP contribution in [0, 0.1) is 12.8 Å². The lowest BCUT2D eigenvalue weighted by Gasteiger charge is -2.25. The molecule has 0 aliphatic heterocycles. The summed E-state index contributed by atoms with van der Waals surface area (Å²) in [5.74, 6) is 0.305. The molecule has 1 saturated carbocycles. The van der Waals surface area contributed by atoms with E-state index in [0.717, 1.165) is 12.8 Å².